The Morgan fingerprint density at radius 1 is 1.00 bits per heavy atom. The van der Waals surface area contributed by atoms with Gasteiger partial charge in [0.1, 0.15) is 5.25 Å². The van der Waals surface area contributed by atoms with Crippen molar-refractivity contribution in [3.05, 3.63) is 95.3 Å². The van der Waals surface area contributed by atoms with Gasteiger partial charge in [0, 0.05) is 17.8 Å². The maximum Gasteiger partial charge on any atom is 0.252 e. The Kier molecular flexibility index (Phi) is 5.36. The van der Waals surface area contributed by atoms with Gasteiger partial charge in [-0.1, -0.05) is 48.0 Å². The van der Waals surface area contributed by atoms with Crippen LogP contribution in [0.5, 0.6) is 0 Å². The van der Waals surface area contributed by atoms with Gasteiger partial charge in [-0.05, 0) is 42.4 Å². The van der Waals surface area contributed by atoms with Crippen LogP contribution in [0.3, 0.4) is 0 Å². The number of amides is 1. The molecule has 1 heterocycles. The van der Waals surface area contributed by atoms with E-state index in [1.54, 1.807) is 18.2 Å². The zero-order valence-electron chi connectivity index (χ0n) is 13.8. The predicted octanol–water partition coefficient (Wildman–Crippen LogP) is 4.10. The molecule has 0 saturated heterocycles. The zero-order chi connectivity index (χ0) is 17.6. The van der Waals surface area contributed by atoms with E-state index < -0.39 is 5.25 Å². The molecule has 1 amide bonds. The van der Waals surface area contributed by atoms with Gasteiger partial charge in [-0.3, -0.25) is 4.79 Å². The molecule has 1 aromatic heterocycles. The number of hydrogen-bond donors (Lipinski definition) is 1. The van der Waals surface area contributed by atoms with Gasteiger partial charge in [0.15, 0.2) is 6.20 Å². The number of thioether (sulfide) groups is 1. The van der Waals surface area contributed by atoms with Gasteiger partial charge in [-0.15, -0.1) is 0 Å². The monoisotopic (exact) mass is 350 g/mol. The lowest BCUT2D eigenvalue weighted by Crippen LogP contribution is -2.29. The first kappa shape index (κ1) is 17.0. The minimum Gasteiger partial charge on any atom is -0.618 e. The summed E-state index contributed by atoms with van der Waals surface area (Å²) in [6.07, 6.45) is 1.43. The number of nitrogens with one attached hydrogen (secondary N) is 1. The molecule has 2 aromatic carbocycles. The lowest BCUT2D eigenvalue weighted by atomic mass is 10.1. The molecule has 126 valence electrons. The summed E-state index contributed by atoms with van der Waals surface area (Å²) in [4.78, 5) is 12.9. The van der Waals surface area contributed by atoms with Crippen LogP contribution < -0.4 is 10.0 Å². The number of pyridine rings is 1. The van der Waals surface area contributed by atoms with Crippen molar-refractivity contribution >= 4 is 23.4 Å². The summed E-state index contributed by atoms with van der Waals surface area (Å²) in [6, 6.07) is 22.3. The van der Waals surface area contributed by atoms with Crippen molar-refractivity contribution in [1.29, 1.82) is 0 Å². The van der Waals surface area contributed by atoms with E-state index in [2.05, 4.69) is 5.32 Å². The molecular formula is C20H18N2O2S. The number of rotatable bonds is 5. The van der Waals surface area contributed by atoms with E-state index in [0.717, 1.165) is 21.5 Å². The van der Waals surface area contributed by atoms with Crippen LogP contribution in [-0.2, 0) is 4.79 Å². The largest absolute Gasteiger partial charge is 0.618 e. The molecule has 4 nitrogen and oxygen atoms in total. The summed E-state index contributed by atoms with van der Waals surface area (Å²) >= 11 is 1.24. The zero-order valence-corrected chi connectivity index (χ0v) is 14.6. The number of aryl methyl sites for hydroxylation is 1. The molecule has 3 aromatic rings. The molecule has 0 aliphatic carbocycles. The Bertz CT molecular complexity index is 851. The Morgan fingerprint density at radius 2 is 1.68 bits per heavy atom. The average Bonchev–Trinajstić information content (AvgIpc) is 2.63. The third-order valence-corrected chi connectivity index (χ3v) is 4.97. The maximum absolute atomic E-state index is 12.9. The SMILES string of the molecule is Cc1ccc(NC(=O)[C@@H](Sc2cccc[n+]2[O-])c2ccccc2)cc1. The van der Waals surface area contributed by atoms with Gasteiger partial charge in [-0.2, -0.15) is 4.73 Å². The molecule has 0 unspecified atom stereocenters. The van der Waals surface area contributed by atoms with Crippen molar-refractivity contribution in [2.24, 2.45) is 0 Å². The fraction of sp³-hybridized carbons (Fsp3) is 0.100. The van der Waals surface area contributed by atoms with Crippen molar-refractivity contribution in [2.45, 2.75) is 17.2 Å². The summed E-state index contributed by atoms with van der Waals surface area (Å²) in [6.45, 7) is 2.00. The molecule has 25 heavy (non-hydrogen) atoms. The fourth-order valence-electron chi connectivity index (χ4n) is 2.37. The number of carbonyl (C=O) groups excluding carboxylic acids is 1. The first-order chi connectivity index (χ1) is 12.1. The Hall–Kier alpha value is -2.79. The quantitative estimate of drug-likeness (QED) is 0.428. The Morgan fingerprint density at radius 3 is 2.36 bits per heavy atom. The summed E-state index contributed by atoms with van der Waals surface area (Å²) in [5.74, 6) is -0.163. The molecule has 0 fully saturated rings. The second-order valence-corrected chi connectivity index (χ2v) is 6.75. The van der Waals surface area contributed by atoms with E-state index in [1.165, 1.54) is 18.0 Å². The third kappa shape index (κ3) is 4.39. The van der Waals surface area contributed by atoms with E-state index in [4.69, 9.17) is 0 Å². The number of nitrogens with zero attached hydrogens (tertiary/aromatic N) is 1. The van der Waals surface area contributed by atoms with Gasteiger partial charge in [0.2, 0.25) is 5.91 Å². The maximum atomic E-state index is 12.9. The molecule has 0 bridgehead atoms. The Balaban J connectivity index is 1.87. The van der Waals surface area contributed by atoms with Crippen molar-refractivity contribution in [1.82, 2.24) is 0 Å². The van der Waals surface area contributed by atoms with Crippen molar-refractivity contribution in [2.75, 3.05) is 5.32 Å². The lowest BCUT2D eigenvalue weighted by molar-refractivity contribution is -0.645. The minimum absolute atomic E-state index is 0.163. The highest BCUT2D eigenvalue weighted by Crippen LogP contribution is 2.34. The molecule has 0 saturated carbocycles. The summed E-state index contributed by atoms with van der Waals surface area (Å²) in [5.41, 5.74) is 2.71. The van der Waals surface area contributed by atoms with Crippen LogP contribution in [0.1, 0.15) is 16.4 Å². The number of carbonyl (C=O) groups is 1. The number of aromatic nitrogens is 1. The van der Waals surface area contributed by atoms with E-state index >= 15 is 0 Å². The van der Waals surface area contributed by atoms with Gasteiger partial charge >= 0.3 is 0 Å². The molecule has 0 radical (unpaired) electrons. The molecule has 0 spiro atoms. The van der Waals surface area contributed by atoms with E-state index in [-0.39, 0.29) is 5.91 Å². The van der Waals surface area contributed by atoms with Crippen molar-refractivity contribution in [3.63, 3.8) is 0 Å². The molecule has 3 rings (SSSR count). The fourth-order valence-corrected chi connectivity index (χ4v) is 3.39. The highest BCUT2D eigenvalue weighted by molar-refractivity contribution is 8.00. The third-order valence-electron chi connectivity index (χ3n) is 3.69. The average molecular weight is 350 g/mol. The van der Waals surface area contributed by atoms with E-state index in [1.807, 2.05) is 61.5 Å². The second-order valence-electron chi connectivity index (χ2n) is 5.63. The van der Waals surface area contributed by atoms with Crippen LogP contribution >= 0.6 is 11.8 Å². The molecule has 1 N–H and O–H groups in total. The molecule has 1 atom stereocenters. The molecule has 5 heteroatoms. The number of hydrogen-bond acceptors (Lipinski definition) is 3. The van der Waals surface area contributed by atoms with Crippen LogP contribution in [0.25, 0.3) is 0 Å². The Labute approximate surface area is 151 Å². The van der Waals surface area contributed by atoms with Crippen LogP contribution in [0, 0.1) is 12.1 Å². The van der Waals surface area contributed by atoms with Gasteiger partial charge in [-0.25, -0.2) is 0 Å². The second kappa shape index (κ2) is 7.85. The summed E-state index contributed by atoms with van der Waals surface area (Å²) in [7, 11) is 0. The number of benzene rings is 2. The summed E-state index contributed by atoms with van der Waals surface area (Å²) in [5, 5.41) is 14.9. The van der Waals surface area contributed by atoms with Gasteiger partial charge < -0.3 is 10.5 Å². The van der Waals surface area contributed by atoms with Crippen LogP contribution in [0.4, 0.5) is 5.69 Å². The topological polar surface area (TPSA) is 56.0 Å². The normalized spacial score (nSPS) is 11.7. The molecule has 0 aliphatic rings. The van der Waals surface area contributed by atoms with Gasteiger partial charge in [0.25, 0.3) is 5.03 Å². The highest BCUT2D eigenvalue weighted by atomic mass is 32.2. The minimum atomic E-state index is -0.523. The van der Waals surface area contributed by atoms with E-state index in [0.29, 0.717) is 5.03 Å². The predicted molar refractivity (Wildman–Crippen MR) is 100 cm³/mol. The molecular weight excluding hydrogens is 332 g/mol. The first-order valence-electron chi connectivity index (χ1n) is 7.91. The first-order valence-corrected chi connectivity index (χ1v) is 8.79. The summed E-state index contributed by atoms with van der Waals surface area (Å²) < 4.78 is 0.778. The molecule has 0 aliphatic heterocycles. The van der Waals surface area contributed by atoms with Crippen molar-refractivity contribution < 1.29 is 9.52 Å². The highest BCUT2D eigenvalue weighted by Gasteiger charge is 2.25. The van der Waals surface area contributed by atoms with Crippen LogP contribution in [0.2, 0.25) is 0 Å². The van der Waals surface area contributed by atoms with Gasteiger partial charge in [0.05, 0.1) is 0 Å². The van der Waals surface area contributed by atoms with Crippen LogP contribution in [-0.4, -0.2) is 5.91 Å². The lowest BCUT2D eigenvalue weighted by Gasteiger charge is -2.16. The smallest absolute Gasteiger partial charge is 0.252 e. The van der Waals surface area contributed by atoms with Crippen LogP contribution in [0.15, 0.2) is 84.0 Å². The number of anilines is 1. The van der Waals surface area contributed by atoms with E-state index in [9.17, 15) is 10.0 Å². The standard InChI is InChI=1S/C20H18N2O2S/c1-15-10-12-17(13-11-15)21-20(23)19(16-7-3-2-4-8-16)25-18-9-5-6-14-22(18)24/h2-14,19H,1H3,(H,21,23)/t19-/m0/s1. The van der Waals surface area contributed by atoms with Crippen molar-refractivity contribution in [3.8, 4) is 0 Å².